The van der Waals surface area contributed by atoms with E-state index in [4.69, 9.17) is 9.47 Å². The lowest BCUT2D eigenvalue weighted by molar-refractivity contribution is 0.0952. The van der Waals surface area contributed by atoms with E-state index in [1.54, 1.807) is 24.4 Å². The number of hydrogen-bond donors (Lipinski definition) is 1. The summed E-state index contributed by atoms with van der Waals surface area (Å²) in [5.41, 5.74) is 6.96. The van der Waals surface area contributed by atoms with Gasteiger partial charge in [-0.25, -0.2) is 5.43 Å². The third kappa shape index (κ3) is 5.48. The van der Waals surface area contributed by atoms with Gasteiger partial charge in [-0.2, -0.15) is 5.10 Å². The Morgan fingerprint density at radius 2 is 1.73 bits per heavy atom. The van der Waals surface area contributed by atoms with Crippen molar-refractivity contribution in [2.45, 2.75) is 20.5 Å². The number of methoxy groups -OCH3 is 1. The van der Waals surface area contributed by atoms with Crippen molar-refractivity contribution in [2.75, 3.05) is 7.11 Å². The van der Waals surface area contributed by atoms with Crippen LogP contribution in [0, 0.1) is 13.8 Å². The maximum absolute atomic E-state index is 12.3. The number of halogens is 1. The minimum absolute atomic E-state index is 0.327. The molecule has 0 aliphatic heterocycles. The minimum atomic E-state index is -0.327. The number of para-hydroxylation sites is 1. The van der Waals surface area contributed by atoms with Gasteiger partial charge in [0.2, 0.25) is 0 Å². The molecule has 3 aromatic rings. The quantitative estimate of drug-likeness (QED) is 0.373. The molecule has 0 aromatic heterocycles. The zero-order valence-corrected chi connectivity index (χ0v) is 18.7. The Hall–Kier alpha value is -3.12. The van der Waals surface area contributed by atoms with Crippen molar-refractivity contribution in [3.63, 3.8) is 0 Å². The predicted molar refractivity (Wildman–Crippen MR) is 122 cm³/mol. The normalized spacial score (nSPS) is 10.8. The molecule has 3 rings (SSSR count). The van der Waals surface area contributed by atoms with E-state index in [-0.39, 0.29) is 5.91 Å². The fraction of sp³-hybridized carbons (Fsp3) is 0.167. The van der Waals surface area contributed by atoms with E-state index >= 15 is 0 Å². The van der Waals surface area contributed by atoms with E-state index in [2.05, 4.69) is 26.5 Å². The summed E-state index contributed by atoms with van der Waals surface area (Å²) in [5, 5.41) is 4.08. The number of carbonyl (C=O) groups excluding carboxylic acids is 1. The molecule has 0 heterocycles. The first-order valence-corrected chi connectivity index (χ1v) is 10.2. The summed E-state index contributed by atoms with van der Waals surface area (Å²) in [6, 6.07) is 19.0. The topological polar surface area (TPSA) is 59.9 Å². The van der Waals surface area contributed by atoms with Gasteiger partial charge in [0.05, 0.1) is 18.9 Å². The van der Waals surface area contributed by atoms with Gasteiger partial charge in [0.25, 0.3) is 5.91 Å². The molecule has 6 heteroatoms. The zero-order chi connectivity index (χ0) is 21.5. The molecule has 0 unspecified atom stereocenters. The monoisotopic (exact) mass is 466 g/mol. The molecule has 5 nitrogen and oxygen atoms in total. The summed E-state index contributed by atoms with van der Waals surface area (Å²) < 4.78 is 12.3. The molecule has 0 fully saturated rings. The summed E-state index contributed by atoms with van der Waals surface area (Å²) in [7, 11) is 1.53. The molecule has 30 heavy (non-hydrogen) atoms. The number of carbonyl (C=O) groups is 1. The molecule has 154 valence electrons. The van der Waals surface area contributed by atoms with Crippen LogP contribution in [0.2, 0.25) is 0 Å². The van der Waals surface area contributed by atoms with E-state index in [0.717, 1.165) is 32.5 Å². The first kappa shape index (κ1) is 21.6. The van der Waals surface area contributed by atoms with Gasteiger partial charge in [0.1, 0.15) is 18.1 Å². The standard InChI is InChI=1S/C24H23BrN2O3/c1-16-12-19(14-26-27-24(28)21-6-4-5-7-22(21)29-3)13-17(2)23(16)30-15-18-8-10-20(25)11-9-18/h4-14H,15H2,1-3H3,(H,27,28)/b26-14-. The number of nitrogens with one attached hydrogen (secondary N) is 1. The highest BCUT2D eigenvalue weighted by atomic mass is 79.9. The third-order valence-corrected chi connectivity index (χ3v) is 5.04. The average molecular weight is 467 g/mol. The van der Waals surface area contributed by atoms with Gasteiger partial charge in [0.15, 0.2) is 0 Å². The molecule has 0 spiro atoms. The second kappa shape index (κ2) is 10.1. The van der Waals surface area contributed by atoms with Crippen molar-refractivity contribution in [2.24, 2.45) is 5.10 Å². The predicted octanol–water partition coefficient (Wildman–Crippen LogP) is 5.42. The highest BCUT2D eigenvalue weighted by molar-refractivity contribution is 9.10. The van der Waals surface area contributed by atoms with Crippen LogP contribution in [0.4, 0.5) is 0 Å². The van der Waals surface area contributed by atoms with Crippen LogP contribution in [-0.4, -0.2) is 19.2 Å². The summed E-state index contributed by atoms with van der Waals surface area (Å²) >= 11 is 3.44. The fourth-order valence-corrected chi connectivity index (χ4v) is 3.34. The molecule has 0 saturated carbocycles. The summed E-state index contributed by atoms with van der Waals surface area (Å²) in [6.45, 7) is 4.49. The third-order valence-electron chi connectivity index (χ3n) is 4.51. The van der Waals surface area contributed by atoms with Crippen molar-refractivity contribution >= 4 is 28.1 Å². The minimum Gasteiger partial charge on any atom is -0.496 e. The van der Waals surface area contributed by atoms with Crippen LogP contribution in [0.25, 0.3) is 0 Å². The number of nitrogens with zero attached hydrogens (tertiary/aromatic N) is 1. The summed E-state index contributed by atoms with van der Waals surface area (Å²) in [4.78, 5) is 12.3. The molecular weight excluding hydrogens is 444 g/mol. The van der Waals surface area contributed by atoms with E-state index in [1.165, 1.54) is 7.11 Å². The maximum atomic E-state index is 12.3. The highest BCUT2D eigenvalue weighted by Gasteiger charge is 2.10. The van der Waals surface area contributed by atoms with Gasteiger partial charge in [-0.3, -0.25) is 4.79 Å². The molecule has 1 N–H and O–H groups in total. The molecular formula is C24H23BrN2O3. The molecule has 0 aliphatic carbocycles. The number of hydrogen-bond acceptors (Lipinski definition) is 4. The largest absolute Gasteiger partial charge is 0.496 e. The number of amides is 1. The molecule has 0 bridgehead atoms. The number of aryl methyl sites for hydroxylation is 2. The number of hydrazone groups is 1. The van der Waals surface area contributed by atoms with Crippen molar-refractivity contribution in [3.8, 4) is 11.5 Å². The average Bonchev–Trinajstić information content (AvgIpc) is 2.74. The molecule has 0 radical (unpaired) electrons. The summed E-state index contributed by atoms with van der Waals surface area (Å²) in [5.74, 6) is 1.03. The maximum Gasteiger partial charge on any atom is 0.275 e. The van der Waals surface area contributed by atoms with Crippen LogP contribution >= 0.6 is 15.9 Å². The SMILES string of the molecule is COc1ccccc1C(=O)N/N=C\c1cc(C)c(OCc2ccc(Br)cc2)c(C)c1. The van der Waals surface area contributed by atoms with Crippen molar-refractivity contribution in [1.29, 1.82) is 0 Å². The van der Waals surface area contributed by atoms with Crippen LogP contribution in [0.5, 0.6) is 11.5 Å². The molecule has 0 atom stereocenters. The Morgan fingerprint density at radius 3 is 2.40 bits per heavy atom. The van der Waals surface area contributed by atoms with E-state index in [1.807, 2.05) is 56.3 Å². The number of ether oxygens (including phenoxy) is 2. The fourth-order valence-electron chi connectivity index (χ4n) is 3.08. The molecule has 0 aliphatic rings. The van der Waals surface area contributed by atoms with E-state index in [0.29, 0.717) is 17.9 Å². The Kier molecular flexibility index (Phi) is 7.25. The lowest BCUT2D eigenvalue weighted by Gasteiger charge is -2.13. The van der Waals surface area contributed by atoms with Crippen LogP contribution in [-0.2, 0) is 6.61 Å². The Morgan fingerprint density at radius 1 is 1.07 bits per heavy atom. The van der Waals surface area contributed by atoms with Crippen LogP contribution in [0.3, 0.4) is 0 Å². The van der Waals surface area contributed by atoms with E-state index < -0.39 is 0 Å². The second-order valence-corrected chi connectivity index (χ2v) is 7.71. The molecule has 0 saturated heterocycles. The first-order chi connectivity index (χ1) is 14.5. The Balaban J connectivity index is 1.65. The van der Waals surface area contributed by atoms with Crippen LogP contribution in [0.1, 0.15) is 32.6 Å². The molecule has 3 aromatic carbocycles. The number of rotatable bonds is 7. The van der Waals surface area contributed by atoms with Gasteiger partial charge in [-0.05, 0) is 72.5 Å². The smallest absolute Gasteiger partial charge is 0.275 e. The van der Waals surface area contributed by atoms with Gasteiger partial charge in [0, 0.05) is 4.47 Å². The van der Waals surface area contributed by atoms with Crippen molar-refractivity contribution in [3.05, 3.63) is 93.0 Å². The van der Waals surface area contributed by atoms with Gasteiger partial charge >= 0.3 is 0 Å². The highest BCUT2D eigenvalue weighted by Crippen LogP contribution is 2.25. The van der Waals surface area contributed by atoms with Crippen molar-refractivity contribution in [1.82, 2.24) is 5.43 Å². The van der Waals surface area contributed by atoms with Gasteiger partial charge < -0.3 is 9.47 Å². The van der Waals surface area contributed by atoms with E-state index in [9.17, 15) is 4.79 Å². The summed E-state index contributed by atoms with van der Waals surface area (Å²) in [6.07, 6.45) is 1.62. The Bertz CT molecular complexity index is 1040. The lowest BCUT2D eigenvalue weighted by Crippen LogP contribution is -2.18. The molecule has 1 amide bonds. The Labute approximate surface area is 184 Å². The van der Waals surface area contributed by atoms with Crippen LogP contribution < -0.4 is 14.9 Å². The van der Waals surface area contributed by atoms with Crippen LogP contribution in [0.15, 0.2) is 70.2 Å². The van der Waals surface area contributed by atoms with Gasteiger partial charge in [-0.1, -0.05) is 40.2 Å². The zero-order valence-electron chi connectivity index (χ0n) is 17.1. The van der Waals surface area contributed by atoms with Gasteiger partial charge in [-0.15, -0.1) is 0 Å². The lowest BCUT2D eigenvalue weighted by atomic mass is 10.1. The first-order valence-electron chi connectivity index (χ1n) is 9.43. The van der Waals surface area contributed by atoms with Crippen molar-refractivity contribution < 1.29 is 14.3 Å². The number of benzene rings is 3. The second-order valence-electron chi connectivity index (χ2n) is 6.80.